The topological polar surface area (TPSA) is 37.3 Å². The van der Waals surface area contributed by atoms with Crippen LogP contribution in [0, 0.1) is 34.5 Å². The van der Waals surface area contributed by atoms with Gasteiger partial charge in [0.15, 0.2) is 0 Å². The highest BCUT2D eigenvalue weighted by atomic mass is 16.4. The number of aliphatic carboxylic acids is 1. The molecule has 2 heteroatoms. The molecular formula is C20H30O2. The van der Waals surface area contributed by atoms with Crippen molar-refractivity contribution in [1.82, 2.24) is 0 Å². The van der Waals surface area contributed by atoms with Gasteiger partial charge in [-0.05, 0) is 68.6 Å². The van der Waals surface area contributed by atoms with Crippen molar-refractivity contribution in [1.29, 1.82) is 0 Å². The van der Waals surface area contributed by atoms with Gasteiger partial charge in [-0.3, -0.25) is 4.79 Å². The van der Waals surface area contributed by atoms with Gasteiger partial charge in [-0.25, -0.2) is 0 Å². The number of carboxylic acid groups (broad SMARTS) is 1. The van der Waals surface area contributed by atoms with Crippen LogP contribution in [0.1, 0.15) is 58.8 Å². The van der Waals surface area contributed by atoms with Crippen molar-refractivity contribution < 1.29 is 9.90 Å². The van der Waals surface area contributed by atoms with Gasteiger partial charge in [-0.1, -0.05) is 31.6 Å². The number of hydrogen-bond acceptors (Lipinski definition) is 1. The third kappa shape index (κ3) is 2.02. The molecule has 0 aromatic rings. The summed E-state index contributed by atoms with van der Waals surface area (Å²) in [6.07, 6.45) is 9.67. The molecule has 22 heavy (non-hydrogen) atoms. The Labute approximate surface area is 134 Å². The number of rotatable bonds is 2. The molecule has 0 spiro atoms. The minimum absolute atomic E-state index is 0.177. The number of allylic oxidation sites excluding steroid dienone is 2. The Balaban J connectivity index is 1.97. The monoisotopic (exact) mass is 302 g/mol. The summed E-state index contributed by atoms with van der Waals surface area (Å²) >= 11 is 0. The predicted molar refractivity (Wildman–Crippen MR) is 89.5 cm³/mol. The van der Waals surface area contributed by atoms with Gasteiger partial charge in [-0.15, -0.1) is 6.58 Å². The van der Waals surface area contributed by atoms with E-state index in [0.717, 1.165) is 32.1 Å². The van der Waals surface area contributed by atoms with E-state index in [1.807, 2.05) is 6.92 Å². The van der Waals surface area contributed by atoms with Crippen LogP contribution in [0.2, 0.25) is 0 Å². The van der Waals surface area contributed by atoms with Crippen LogP contribution in [-0.4, -0.2) is 11.1 Å². The van der Waals surface area contributed by atoms with Gasteiger partial charge in [0.1, 0.15) is 0 Å². The van der Waals surface area contributed by atoms with E-state index < -0.39 is 11.4 Å². The van der Waals surface area contributed by atoms with Crippen LogP contribution in [0.5, 0.6) is 0 Å². The molecule has 3 fully saturated rings. The molecule has 0 radical (unpaired) electrons. The van der Waals surface area contributed by atoms with Gasteiger partial charge >= 0.3 is 5.97 Å². The first kappa shape index (κ1) is 15.8. The summed E-state index contributed by atoms with van der Waals surface area (Å²) in [5.74, 6) is 1.45. The predicted octanol–water partition coefficient (Wildman–Crippen LogP) is 5.06. The molecule has 0 aromatic heterocycles. The molecule has 2 nitrogen and oxygen atoms in total. The normalized spacial score (nSPS) is 48.2. The van der Waals surface area contributed by atoms with E-state index >= 15 is 0 Å². The first-order chi connectivity index (χ1) is 10.3. The number of carboxylic acids is 1. The van der Waals surface area contributed by atoms with Gasteiger partial charge in [0.2, 0.25) is 0 Å². The Bertz CT molecular complexity index is 508. The molecule has 3 aliphatic rings. The van der Waals surface area contributed by atoms with Gasteiger partial charge < -0.3 is 5.11 Å². The zero-order chi connectivity index (χ0) is 16.1. The molecule has 0 amide bonds. The summed E-state index contributed by atoms with van der Waals surface area (Å²) in [7, 11) is 0. The average Bonchev–Trinajstić information content (AvgIpc) is 2.46. The second-order valence-corrected chi connectivity index (χ2v) is 8.44. The first-order valence-corrected chi connectivity index (χ1v) is 8.88. The lowest BCUT2D eigenvalue weighted by Crippen LogP contribution is -2.56. The van der Waals surface area contributed by atoms with Crippen LogP contribution in [-0.2, 0) is 4.79 Å². The summed E-state index contributed by atoms with van der Waals surface area (Å²) in [6.45, 7) is 12.7. The summed E-state index contributed by atoms with van der Waals surface area (Å²) < 4.78 is 0. The molecule has 1 unspecified atom stereocenters. The number of hydrogen-bond donors (Lipinski definition) is 1. The summed E-state index contributed by atoms with van der Waals surface area (Å²) in [6, 6.07) is 0. The standard InChI is InChI=1S/C20H30O2/c1-5-14-13(2)7-9-16-15(14)8-10-17-19(16,3)11-6-12-20(17,4)18(21)22/h5,14-17H,1-2,6-12H2,3-4H3,(H,21,22)/t14-,15-,16?,17+,19+,20+/m0/s1. The summed E-state index contributed by atoms with van der Waals surface area (Å²) in [5, 5.41) is 9.86. The molecule has 0 saturated heterocycles. The van der Waals surface area contributed by atoms with Crippen molar-refractivity contribution in [3.05, 3.63) is 24.8 Å². The van der Waals surface area contributed by atoms with E-state index in [-0.39, 0.29) is 5.41 Å². The minimum Gasteiger partial charge on any atom is -0.481 e. The lowest BCUT2D eigenvalue weighted by molar-refractivity contribution is -0.172. The molecule has 3 rings (SSSR count). The number of fused-ring (bicyclic) bond motifs is 3. The van der Waals surface area contributed by atoms with E-state index in [1.54, 1.807) is 0 Å². The maximum Gasteiger partial charge on any atom is 0.309 e. The Hall–Kier alpha value is -1.05. The van der Waals surface area contributed by atoms with E-state index in [4.69, 9.17) is 0 Å². The van der Waals surface area contributed by atoms with Crippen molar-refractivity contribution in [2.45, 2.75) is 58.8 Å². The Morgan fingerprint density at radius 2 is 2.00 bits per heavy atom. The Morgan fingerprint density at radius 3 is 2.64 bits per heavy atom. The van der Waals surface area contributed by atoms with Crippen LogP contribution in [0.15, 0.2) is 24.8 Å². The Morgan fingerprint density at radius 1 is 1.27 bits per heavy atom. The lowest BCUT2D eigenvalue weighted by atomic mass is 9.43. The van der Waals surface area contributed by atoms with Crippen molar-refractivity contribution in [3.8, 4) is 0 Å². The van der Waals surface area contributed by atoms with E-state index in [2.05, 4.69) is 26.2 Å². The molecule has 6 atom stereocenters. The maximum absolute atomic E-state index is 12.0. The molecule has 122 valence electrons. The van der Waals surface area contributed by atoms with Gasteiger partial charge in [0.25, 0.3) is 0 Å². The van der Waals surface area contributed by atoms with Gasteiger partial charge in [-0.2, -0.15) is 0 Å². The second-order valence-electron chi connectivity index (χ2n) is 8.44. The first-order valence-electron chi connectivity index (χ1n) is 8.88. The Kier molecular flexibility index (Phi) is 3.78. The fourth-order valence-electron chi connectivity index (χ4n) is 6.44. The zero-order valence-electron chi connectivity index (χ0n) is 14.1. The summed E-state index contributed by atoms with van der Waals surface area (Å²) in [4.78, 5) is 12.0. The van der Waals surface area contributed by atoms with Crippen LogP contribution in [0.4, 0.5) is 0 Å². The molecule has 3 saturated carbocycles. The molecule has 0 bridgehead atoms. The van der Waals surface area contributed by atoms with Crippen LogP contribution in [0.3, 0.4) is 0 Å². The zero-order valence-corrected chi connectivity index (χ0v) is 14.1. The molecule has 0 aromatic carbocycles. The minimum atomic E-state index is -0.581. The van der Waals surface area contributed by atoms with E-state index in [0.29, 0.717) is 23.7 Å². The molecule has 1 N–H and O–H groups in total. The van der Waals surface area contributed by atoms with Crippen molar-refractivity contribution >= 4 is 5.97 Å². The van der Waals surface area contributed by atoms with E-state index in [9.17, 15) is 9.90 Å². The fourth-order valence-corrected chi connectivity index (χ4v) is 6.44. The quantitative estimate of drug-likeness (QED) is 0.724. The highest BCUT2D eigenvalue weighted by Crippen LogP contribution is 2.65. The third-order valence-electron chi connectivity index (χ3n) is 7.58. The van der Waals surface area contributed by atoms with Crippen molar-refractivity contribution in [2.24, 2.45) is 34.5 Å². The average molecular weight is 302 g/mol. The summed E-state index contributed by atoms with van der Waals surface area (Å²) in [5.41, 5.74) is 0.988. The van der Waals surface area contributed by atoms with Crippen LogP contribution in [0.25, 0.3) is 0 Å². The van der Waals surface area contributed by atoms with Crippen molar-refractivity contribution in [3.63, 3.8) is 0 Å². The second kappa shape index (κ2) is 5.25. The SMILES string of the molecule is C=C[C@H]1C(=C)CCC2[C@H]1CC[C@H]1[C@](C)(C(=O)O)CCC[C@]21C. The van der Waals surface area contributed by atoms with Crippen LogP contribution < -0.4 is 0 Å². The highest BCUT2D eigenvalue weighted by Gasteiger charge is 2.59. The lowest BCUT2D eigenvalue weighted by Gasteiger charge is -2.61. The maximum atomic E-state index is 12.0. The third-order valence-corrected chi connectivity index (χ3v) is 7.58. The highest BCUT2D eigenvalue weighted by molar-refractivity contribution is 5.75. The van der Waals surface area contributed by atoms with E-state index in [1.165, 1.54) is 18.4 Å². The van der Waals surface area contributed by atoms with Crippen molar-refractivity contribution in [2.75, 3.05) is 0 Å². The van der Waals surface area contributed by atoms with Gasteiger partial charge in [0, 0.05) is 5.92 Å². The molecule has 0 heterocycles. The van der Waals surface area contributed by atoms with Crippen LogP contribution >= 0.6 is 0 Å². The smallest absolute Gasteiger partial charge is 0.309 e. The van der Waals surface area contributed by atoms with Gasteiger partial charge in [0.05, 0.1) is 5.41 Å². The fraction of sp³-hybridized carbons (Fsp3) is 0.750. The molecule has 0 aliphatic heterocycles. The molecule has 3 aliphatic carbocycles. The number of carbonyl (C=O) groups is 1. The largest absolute Gasteiger partial charge is 0.481 e. The molecular weight excluding hydrogens is 272 g/mol.